The van der Waals surface area contributed by atoms with Gasteiger partial charge in [-0.3, -0.25) is 4.79 Å². The Bertz CT molecular complexity index is 1210. The van der Waals surface area contributed by atoms with Crippen molar-refractivity contribution in [3.05, 3.63) is 65.5 Å². The number of carbonyl (C=O) groups excluding carboxylic acids is 1. The molecule has 1 aromatic heterocycles. The molecule has 156 valence electrons. The number of benzene rings is 2. The third-order valence-electron chi connectivity index (χ3n) is 5.36. The van der Waals surface area contributed by atoms with E-state index < -0.39 is 21.0 Å². The summed E-state index contributed by atoms with van der Waals surface area (Å²) in [5.41, 5.74) is 3.11. The SMILES string of the molecule is Cc1nc2ccccc2nc1CS(=O)(=O)[C@@H](C)C(=O)N[C@H]1CCOc2ccccc21. The van der Waals surface area contributed by atoms with Crippen LogP contribution in [0.1, 0.15) is 36.3 Å². The number of hydrogen-bond acceptors (Lipinski definition) is 6. The number of amides is 1. The molecule has 0 saturated heterocycles. The summed E-state index contributed by atoms with van der Waals surface area (Å²) in [6.07, 6.45) is 0.588. The molecule has 1 aliphatic rings. The molecule has 0 aliphatic carbocycles. The Morgan fingerprint density at radius 3 is 2.57 bits per heavy atom. The highest BCUT2D eigenvalue weighted by Gasteiger charge is 2.32. The summed E-state index contributed by atoms with van der Waals surface area (Å²) in [5, 5.41) is 1.67. The van der Waals surface area contributed by atoms with E-state index in [9.17, 15) is 13.2 Å². The lowest BCUT2D eigenvalue weighted by atomic mass is 10.0. The second-order valence-electron chi connectivity index (χ2n) is 7.43. The number of aryl methyl sites for hydroxylation is 1. The molecule has 2 aromatic carbocycles. The highest BCUT2D eigenvalue weighted by Crippen LogP contribution is 2.31. The van der Waals surface area contributed by atoms with Gasteiger partial charge in [-0.2, -0.15) is 0 Å². The molecular formula is C22H23N3O4S. The lowest BCUT2D eigenvalue weighted by molar-refractivity contribution is -0.121. The molecule has 0 fully saturated rings. The first-order valence-corrected chi connectivity index (χ1v) is 11.5. The largest absolute Gasteiger partial charge is 0.493 e. The molecule has 0 bridgehead atoms. The number of nitrogens with one attached hydrogen (secondary N) is 1. The van der Waals surface area contributed by atoms with Crippen molar-refractivity contribution in [2.45, 2.75) is 37.3 Å². The predicted octanol–water partition coefficient (Wildman–Crippen LogP) is 2.88. The number of hydrogen-bond donors (Lipinski definition) is 1. The Morgan fingerprint density at radius 2 is 1.80 bits per heavy atom. The molecular weight excluding hydrogens is 402 g/mol. The van der Waals surface area contributed by atoms with Crippen molar-refractivity contribution in [2.24, 2.45) is 0 Å². The third-order valence-corrected chi connectivity index (χ3v) is 7.33. The summed E-state index contributed by atoms with van der Waals surface area (Å²) >= 11 is 0. The molecule has 30 heavy (non-hydrogen) atoms. The Hall–Kier alpha value is -3.00. The minimum Gasteiger partial charge on any atom is -0.493 e. The van der Waals surface area contributed by atoms with E-state index >= 15 is 0 Å². The maximum absolute atomic E-state index is 13.0. The maximum Gasteiger partial charge on any atom is 0.238 e. The van der Waals surface area contributed by atoms with Crippen LogP contribution in [0.15, 0.2) is 48.5 Å². The van der Waals surface area contributed by atoms with Gasteiger partial charge in [0.2, 0.25) is 5.91 Å². The van der Waals surface area contributed by atoms with E-state index in [4.69, 9.17) is 4.74 Å². The smallest absolute Gasteiger partial charge is 0.238 e. The van der Waals surface area contributed by atoms with Gasteiger partial charge in [-0.1, -0.05) is 30.3 Å². The van der Waals surface area contributed by atoms with Gasteiger partial charge in [-0.25, -0.2) is 18.4 Å². The van der Waals surface area contributed by atoms with Gasteiger partial charge in [-0.05, 0) is 32.0 Å². The number of para-hydroxylation sites is 3. The van der Waals surface area contributed by atoms with Gasteiger partial charge in [0.05, 0.1) is 40.8 Å². The third kappa shape index (κ3) is 4.00. The van der Waals surface area contributed by atoms with Gasteiger partial charge in [0.15, 0.2) is 9.84 Å². The van der Waals surface area contributed by atoms with Crippen molar-refractivity contribution in [1.82, 2.24) is 15.3 Å². The molecule has 7 nitrogen and oxygen atoms in total. The minimum atomic E-state index is -3.78. The molecule has 0 saturated carbocycles. The monoisotopic (exact) mass is 425 g/mol. The Kier molecular flexibility index (Phi) is 5.42. The molecule has 2 heterocycles. The van der Waals surface area contributed by atoms with Gasteiger partial charge < -0.3 is 10.1 Å². The maximum atomic E-state index is 13.0. The molecule has 4 rings (SSSR count). The topological polar surface area (TPSA) is 98.3 Å². The zero-order chi connectivity index (χ0) is 21.3. The molecule has 0 radical (unpaired) electrons. The van der Waals surface area contributed by atoms with Gasteiger partial charge in [-0.15, -0.1) is 0 Å². The fourth-order valence-corrected chi connectivity index (χ4v) is 4.82. The predicted molar refractivity (Wildman–Crippen MR) is 114 cm³/mol. The number of carbonyl (C=O) groups is 1. The minimum absolute atomic E-state index is 0.276. The second-order valence-corrected chi connectivity index (χ2v) is 9.75. The summed E-state index contributed by atoms with van der Waals surface area (Å²) in [4.78, 5) is 21.7. The van der Waals surface area contributed by atoms with Crippen LogP contribution in [0.4, 0.5) is 0 Å². The molecule has 0 unspecified atom stereocenters. The number of nitrogens with zero attached hydrogens (tertiary/aromatic N) is 2. The van der Waals surface area contributed by atoms with Crippen LogP contribution in [0.2, 0.25) is 0 Å². The molecule has 8 heteroatoms. The standard InChI is InChI=1S/C22H23N3O4S/c1-14-20(24-19-9-5-4-8-18(19)23-14)13-30(27,28)15(2)22(26)25-17-11-12-29-21-10-6-3-7-16(17)21/h3-10,15,17H,11-13H2,1-2H3,(H,25,26)/t15-,17-/m0/s1. The van der Waals surface area contributed by atoms with Gasteiger partial charge in [0.1, 0.15) is 11.0 Å². The van der Waals surface area contributed by atoms with Gasteiger partial charge in [0, 0.05) is 12.0 Å². The molecule has 1 aliphatic heterocycles. The highest BCUT2D eigenvalue weighted by atomic mass is 32.2. The fraction of sp³-hybridized carbons (Fsp3) is 0.318. The van der Waals surface area contributed by atoms with Crippen LogP contribution in [-0.2, 0) is 20.4 Å². The van der Waals surface area contributed by atoms with Crippen molar-refractivity contribution in [2.75, 3.05) is 6.61 Å². The van der Waals surface area contributed by atoms with Gasteiger partial charge in [0.25, 0.3) is 0 Å². The van der Waals surface area contributed by atoms with E-state index in [2.05, 4.69) is 15.3 Å². The Balaban J connectivity index is 1.52. The Labute approximate surface area is 175 Å². The van der Waals surface area contributed by atoms with E-state index in [0.29, 0.717) is 41.2 Å². The van der Waals surface area contributed by atoms with Crippen molar-refractivity contribution < 1.29 is 17.9 Å². The summed E-state index contributed by atoms with van der Waals surface area (Å²) < 4.78 is 31.5. The number of ether oxygens (including phenoxy) is 1. The lowest BCUT2D eigenvalue weighted by Crippen LogP contribution is -2.41. The highest BCUT2D eigenvalue weighted by molar-refractivity contribution is 7.92. The van der Waals surface area contributed by atoms with E-state index in [1.807, 2.05) is 42.5 Å². The van der Waals surface area contributed by atoms with Crippen molar-refractivity contribution in [3.8, 4) is 5.75 Å². The van der Waals surface area contributed by atoms with Crippen LogP contribution in [0, 0.1) is 6.92 Å². The van der Waals surface area contributed by atoms with Crippen LogP contribution in [0.3, 0.4) is 0 Å². The van der Waals surface area contributed by atoms with Crippen LogP contribution in [0.25, 0.3) is 11.0 Å². The summed E-state index contributed by atoms with van der Waals surface area (Å²) in [7, 11) is -3.78. The summed E-state index contributed by atoms with van der Waals surface area (Å²) in [6, 6.07) is 14.5. The molecule has 1 N–H and O–H groups in total. The van der Waals surface area contributed by atoms with Crippen molar-refractivity contribution in [3.63, 3.8) is 0 Å². The average molecular weight is 426 g/mol. The summed E-state index contributed by atoms with van der Waals surface area (Å²) in [5.74, 6) is -0.148. The fourth-order valence-electron chi connectivity index (χ4n) is 3.52. The molecule has 2 atom stereocenters. The lowest BCUT2D eigenvalue weighted by Gasteiger charge is -2.27. The normalized spacial score (nSPS) is 17.1. The van der Waals surface area contributed by atoms with E-state index in [1.165, 1.54) is 6.92 Å². The molecule has 1 amide bonds. The van der Waals surface area contributed by atoms with Crippen LogP contribution in [-0.4, -0.2) is 36.1 Å². The van der Waals surface area contributed by atoms with E-state index in [0.717, 1.165) is 5.56 Å². The van der Waals surface area contributed by atoms with E-state index in [-0.39, 0.29) is 11.8 Å². The Morgan fingerprint density at radius 1 is 1.13 bits per heavy atom. The second kappa shape index (κ2) is 8.02. The molecule has 0 spiro atoms. The van der Waals surface area contributed by atoms with Crippen molar-refractivity contribution >= 4 is 26.8 Å². The first-order chi connectivity index (χ1) is 14.3. The zero-order valence-electron chi connectivity index (χ0n) is 16.8. The quantitative estimate of drug-likeness (QED) is 0.675. The first-order valence-electron chi connectivity index (χ1n) is 9.81. The number of sulfone groups is 1. The van der Waals surface area contributed by atoms with Gasteiger partial charge >= 0.3 is 0 Å². The first kappa shape index (κ1) is 20.3. The van der Waals surface area contributed by atoms with Crippen LogP contribution >= 0.6 is 0 Å². The van der Waals surface area contributed by atoms with Crippen molar-refractivity contribution in [1.29, 1.82) is 0 Å². The number of fused-ring (bicyclic) bond motifs is 2. The van der Waals surface area contributed by atoms with Crippen LogP contribution < -0.4 is 10.1 Å². The molecule has 3 aromatic rings. The van der Waals surface area contributed by atoms with Crippen LogP contribution in [0.5, 0.6) is 5.75 Å². The number of aromatic nitrogens is 2. The average Bonchev–Trinajstić information content (AvgIpc) is 2.74. The summed E-state index contributed by atoms with van der Waals surface area (Å²) in [6.45, 7) is 3.61. The number of rotatable bonds is 5. The van der Waals surface area contributed by atoms with E-state index in [1.54, 1.807) is 13.0 Å². The zero-order valence-corrected chi connectivity index (χ0v) is 17.6.